The van der Waals surface area contributed by atoms with Crippen LogP contribution in [-0.4, -0.2) is 17.5 Å². The molecule has 152 valence electrons. The highest BCUT2D eigenvalue weighted by atomic mass is 35.5. The lowest BCUT2D eigenvalue weighted by molar-refractivity contribution is -0.121. The highest BCUT2D eigenvalue weighted by molar-refractivity contribution is 6.36. The van der Waals surface area contributed by atoms with Crippen LogP contribution >= 0.6 is 34.8 Å². The van der Waals surface area contributed by atoms with E-state index in [1.807, 2.05) is 48.5 Å². The Hall–Kier alpha value is -2.53. The summed E-state index contributed by atoms with van der Waals surface area (Å²) in [6.45, 7) is 1.71. The molecule has 0 radical (unpaired) electrons. The number of amides is 3. The minimum absolute atomic E-state index is 0.338. The van der Waals surface area contributed by atoms with E-state index >= 15 is 0 Å². The van der Waals surface area contributed by atoms with Gasteiger partial charge in [-0.05, 0) is 42.3 Å². The Balaban J connectivity index is 1.58. The number of carbonyl (C=O) groups excluding carboxylic acids is 2. The first-order valence-electron chi connectivity index (χ1n) is 9.23. The van der Waals surface area contributed by atoms with E-state index in [1.165, 1.54) is 12.1 Å². The first kappa shape index (κ1) is 20.7. The van der Waals surface area contributed by atoms with Crippen LogP contribution in [0.4, 0.5) is 10.5 Å². The van der Waals surface area contributed by atoms with Crippen molar-refractivity contribution in [1.29, 1.82) is 0 Å². The second-order valence-electron chi connectivity index (χ2n) is 7.38. The van der Waals surface area contributed by atoms with Gasteiger partial charge in [-0.25, -0.2) is 9.69 Å². The SMILES string of the molecule is CC1(Cc2ccc(-c3ccccc3Cl)cc2)NC(=O)N(c2cc(Cl)cc(Cl)c2)C1=O. The number of rotatable bonds is 4. The smallest absolute Gasteiger partial charge is 0.323 e. The molecule has 0 bridgehead atoms. The van der Waals surface area contributed by atoms with Gasteiger partial charge < -0.3 is 5.32 Å². The number of anilines is 1. The molecule has 1 atom stereocenters. The summed E-state index contributed by atoms with van der Waals surface area (Å²) in [5, 5.41) is 4.17. The molecule has 1 aliphatic rings. The van der Waals surface area contributed by atoms with Crippen LogP contribution in [-0.2, 0) is 11.2 Å². The Morgan fingerprint density at radius 1 is 0.900 bits per heavy atom. The molecule has 1 fully saturated rings. The molecular formula is C23H17Cl3N2O2. The molecule has 4 nitrogen and oxygen atoms in total. The molecule has 0 aromatic heterocycles. The topological polar surface area (TPSA) is 49.4 Å². The van der Waals surface area contributed by atoms with Gasteiger partial charge in [0, 0.05) is 27.1 Å². The van der Waals surface area contributed by atoms with Gasteiger partial charge in [-0.3, -0.25) is 4.79 Å². The molecule has 3 amide bonds. The lowest BCUT2D eigenvalue weighted by atomic mass is 9.91. The van der Waals surface area contributed by atoms with E-state index in [0.717, 1.165) is 21.6 Å². The average molecular weight is 460 g/mol. The molecule has 0 aliphatic carbocycles. The molecule has 3 aromatic carbocycles. The van der Waals surface area contributed by atoms with E-state index in [9.17, 15) is 9.59 Å². The summed E-state index contributed by atoms with van der Waals surface area (Å²) in [4.78, 5) is 26.8. The maximum Gasteiger partial charge on any atom is 0.329 e. The standard InChI is InChI=1S/C23H17Cl3N2O2/c1-23(13-14-6-8-15(9-7-14)19-4-2-3-5-20(19)26)21(29)28(22(30)27-23)18-11-16(24)10-17(25)12-18/h2-12H,13H2,1H3,(H,27,30). The third-order valence-electron chi connectivity index (χ3n) is 5.06. The molecular weight excluding hydrogens is 443 g/mol. The molecule has 7 heteroatoms. The normalized spacial score (nSPS) is 18.6. The zero-order valence-corrected chi connectivity index (χ0v) is 18.2. The quantitative estimate of drug-likeness (QED) is 0.461. The molecule has 1 saturated heterocycles. The van der Waals surface area contributed by atoms with E-state index in [-0.39, 0.29) is 5.91 Å². The molecule has 4 rings (SSSR count). The summed E-state index contributed by atoms with van der Waals surface area (Å²) in [6, 6.07) is 19.5. The number of imide groups is 1. The Bertz CT molecular complexity index is 1130. The number of halogens is 3. The van der Waals surface area contributed by atoms with Crippen molar-refractivity contribution >= 4 is 52.4 Å². The molecule has 1 N–H and O–H groups in total. The van der Waals surface area contributed by atoms with Crippen molar-refractivity contribution in [1.82, 2.24) is 5.32 Å². The van der Waals surface area contributed by atoms with Gasteiger partial charge in [-0.2, -0.15) is 0 Å². The zero-order chi connectivity index (χ0) is 21.5. The maximum atomic E-state index is 13.1. The van der Waals surface area contributed by atoms with Crippen molar-refractivity contribution in [2.75, 3.05) is 4.90 Å². The molecule has 0 spiro atoms. The number of hydrogen-bond acceptors (Lipinski definition) is 2. The predicted octanol–water partition coefficient (Wildman–Crippen LogP) is 6.37. The average Bonchev–Trinajstić information content (AvgIpc) is 2.90. The Labute approximate surface area is 189 Å². The monoisotopic (exact) mass is 458 g/mol. The number of carbonyl (C=O) groups is 2. The minimum Gasteiger partial charge on any atom is -0.323 e. The van der Waals surface area contributed by atoms with Crippen molar-refractivity contribution in [3.63, 3.8) is 0 Å². The lowest BCUT2D eigenvalue weighted by Gasteiger charge is -2.22. The Kier molecular flexibility index (Phi) is 5.49. The van der Waals surface area contributed by atoms with E-state index in [2.05, 4.69) is 5.32 Å². The largest absolute Gasteiger partial charge is 0.329 e. The number of benzene rings is 3. The van der Waals surface area contributed by atoms with Crippen LogP contribution in [0.3, 0.4) is 0 Å². The molecule has 30 heavy (non-hydrogen) atoms. The third kappa shape index (κ3) is 3.91. The predicted molar refractivity (Wildman–Crippen MR) is 121 cm³/mol. The zero-order valence-electron chi connectivity index (χ0n) is 16.0. The third-order valence-corrected chi connectivity index (χ3v) is 5.83. The van der Waals surface area contributed by atoms with Crippen molar-refractivity contribution in [2.24, 2.45) is 0 Å². The number of nitrogens with zero attached hydrogens (tertiary/aromatic N) is 1. The number of nitrogens with one attached hydrogen (secondary N) is 1. The van der Waals surface area contributed by atoms with Gasteiger partial charge in [0.05, 0.1) is 5.69 Å². The molecule has 3 aromatic rings. The van der Waals surface area contributed by atoms with Crippen LogP contribution in [0.2, 0.25) is 15.1 Å². The highest BCUT2D eigenvalue weighted by Gasteiger charge is 2.48. The van der Waals surface area contributed by atoms with Crippen molar-refractivity contribution in [3.8, 4) is 11.1 Å². The van der Waals surface area contributed by atoms with Crippen molar-refractivity contribution < 1.29 is 9.59 Å². The van der Waals surface area contributed by atoms with Crippen molar-refractivity contribution in [2.45, 2.75) is 18.9 Å². The van der Waals surface area contributed by atoms with E-state index in [1.54, 1.807) is 13.0 Å². The van der Waals surface area contributed by atoms with Gasteiger partial charge >= 0.3 is 6.03 Å². The maximum absolute atomic E-state index is 13.1. The highest BCUT2D eigenvalue weighted by Crippen LogP contribution is 2.32. The first-order chi connectivity index (χ1) is 14.3. The fourth-order valence-corrected chi connectivity index (χ4v) is 4.37. The minimum atomic E-state index is -1.09. The summed E-state index contributed by atoms with van der Waals surface area (Å²) in [5.74, 6) is -0.360. The Morgan fingerprint density at radius 2 is 1.53 bits per heavy atom. The first-order valence-corrected chi connectivity index (χ1v) is 10.4. The van der Waals surface area contributed by atoms with E-state index in [0.29, 0.717) is 27.2 Å². The fraction of sp³-hybridized carbons (Fsp3) is 0.130. The van der Waals surface area contributed by atoms with Gasteiger partial charge in [0.25, 0.3) is 5.91 Å². The van der Waals surface area contributed by atoms with E-state index < -0.39 is 11.6 Å². The second-order valence-corrected chi connectivity index (χ2v) is 8.66. The summed E-state index contributed by atoms with van der Waals surface area (Å²) >= 11 is 18.3. The van der Waals surface area contributed by atoms with Crippen LogP contribution < -0.4 is 10.2 Å². The second kappa shape index (κ2) is 7.95. The number of hydrogen-bond donors (Lipinski definition) is 1. The molecule has 1 aliphatic heterocycles. The van der Waals surface area contributed by atoms with Crippen molar-refractivity contribution in [3.05, 3.63) is 87.4 Å². The number of urea groups is 1. The van der Waals surface area contributed by atoms with Crippen LogP contribution in [0, 0.1) is 0 Å². The van der Waals surface area contributed by atoms with Gasteiger partial charge in [-0.15, -0.1) is 0 Å². The van der Waals surface area contributed by atoms with Gasteiger partial charge in [0.1, 0.15) is 5.54 Å². The summed E-state index contributed by atoms with van der Waals surface area (Å²) in [5.41, 5.74) is 2.08. The molecule has 1 unspecified atom stereocenters. The van der Waals surface area contributed by atoms with Gasteiger partial charge in [-0.1, -0.05) is 77.3 Å². The van der Waals surface area contributed by atoms with Crippen LogP contribution in [0.1, 0.15) is 12.5 Å². The van der Waals surface area contributed by atoms with Gasteiger partial charge in [0.15, 0.2) is 0 Å². The molecule has 0 saturated carbocycles. The summed E-state index contributed by atoms with van der Waals surface area (Å²) in [7, 11) is 0. The Morgan fingerprint density at radius 3 is 2.17 bits per heavy atom. The van der Waals surface area contributed by atoms with Gasteiger partial charge in [0.2, 0.25) is 0 Å². The van der Waals surface area contributed by atoms with Crippen LogP contribution in [0.25, 0.3) is 11.1 Å². The lowest BCUT2D eigenvalue weighted by Crippen LogP contribution is -2.46. The molecule has 1 heterocycles. The summed E-state index contributed by atoms with van der Waals surface area (Å²) in [6.07, 6.45) is 0.338. The van der Waals surface area contributed by atoms with Crippen LogP contribution in [0.5, 0.6) is 0 Å². The summed E-state index contributed by atoms with van der Waals surface area (Å²) < 4.78 is 0. The van der Waals surface area contributed by atoms with E-state index in [4.69, 9.17) is 34.8 Å². The fourth-order valence-electron chi connectivity index (χ4n) is 3.61. The van der Waals surface area contributed by atoms with Crippen LogP contribution in [0.15, 0.2) is 66.7 Å².